The molecule has 82 valence electrons. The van der Waals surface area contributed by atoms with E-state index in [1.165, 1.54) is 12.1 Å². The second-order valence-corrected chi connectivity index (χ2v) is 3.74. The molecule has 0 aromatic heterocycles. The van der Waals surface area contributed by atoms with Gasteiger partial charge in [-0.2, -0.15) is 0 Å². The molecule has 1 fully saturated rings. The first-order chi connectivity index (χ1) is 7.18. The monoisotopic (exact) mass is 211 g/mol. The zero-order valence-corrected chi connectivity index (χ0v) is 8.59. The van der Waals surface area contributed by atoms with Gasteiger partial charge < -0.3 is 15.2 Å². The molecule has 1 heterocycles. The van der Waals surface area contributed by atoms with Crippen molar-refractivity contribution in [2.24, 2.45) is 0 Å². The maximum atomic E-state index is 13.2. The molecule has 1 aromatic carbocycles. The molecule has 0 radical (unpaired) electrons. The largest absolute Gasteiger partial charge is 0.505 e. The highest BCUT2D eigenvalue weighted by atomic mass is 19.1. The molecule has 0 bridgehead atoms. The summed E-state index contributed by atoms with van der Waals surface area (Å²) < 4.78 is 18.5. The van der Waals surface area contributed by atoms with E-state index in [0.29, 0.717) is 13.2 Å². The maximum Gasteiger partial charge on any atom is 0.165 e. The number of phenols is 1. The van der Waals surface area contributed by atoms with Gasteiger partial charge in [-0.05, 0) is 30.2 Å². The third-order valence-electron chi connectivity index (χ3n) is 2.63. The first-order valence-corrected chi connectivity index (χ1v) is 4.98. The first-order valence-electron chi connectivity index (χ1n) is 4.98. The number of nitrogens with one attached hydrogen (secondary N) is 1. The molecule has 2 rings (SSSR count). The number of hydrogen-bond acceptors (Lipinski definition) is 3. The van der Waals surface area contributed by atoms with Crippen LogP contribution in [0.2, 0.25) is 0 Å². The predicted octanol–water partition coefficient (Wildman–Crippen LogP) is 1.50. The SMILES string of the molecule is Cc1cc(O)c(F)cc1C1COCCN1. The Balaban J connectivity index is 2.30. The Morgan fingerprint density at radius 1 is 1.53 bits per heavy atom. The highest BCUT2D eigenvalue weighted by Gasteiger charge is 2.18. The van der Waals surface area contributed by atoms with Gasteiger partial charge in [-0.3, -0.25) is 0 Å². The van der Waals surface area contributed by atoms with Crippen molar-refractivity contribution in [1.29, 1.82) is 0 Å². The van der Waals surface area contributed by atoms with Crippen molar-refractivity contribution in [2.75, 3.05) is 19.8 Å². The lowest BCUT2D eigenvalue weighted by atomic mass is 10.0. The quantitative estimate of drug-likeness (QED) is 0.739. The minimum atomic E-state index is -0.581. The van der Waals surface area contributed by atoms with E-state index in [1.54, 1.807) is 0 Å². The van der Waals surface area contributed by atoms with Crippen LogP contribution >= 0.6 is 0 Å². The Hall–Kier alpha value is -1.13. The predicted molar refractivity (Wildman–Crippen MR) is 54.4 cm³/mol. The van der Waals surface area contributed by atoms with Crippen LogP contribution in [0.25, 0.3) is 0 Å². The summed E-state index contributed by atoms with van der Waals surface area (Å²) >= 11 is 0. The molecule has 4 heteroatoms. The zero-order valence-electron chi connectivity index (χ0n) is 8.59. The smallest absolute Gasteiger partial charge is 0.165 e. The molecule has 1 aliphatic rings. The standard InChI is InChI=1S/C11H14FNO2/c1-7-4-11(14)9(12)5-8(7)10-6-15-3-2-13-10/h4-5,10,13-14H,2-3,6H2,1H3. The van der Waals surface area contributed by atoms with Crippen LogP contribution in [0.3, 0.4) is 0 Å². The molecule has 2 N–H and O–H groups in total. The van der Waals surface area contributed by atoms with E-state index < -0.39 is 5.82 Å². The fourth-order valence-corrected chi connectivity index (χ4v) is 1.82. The molecule has 1 aromatic rings. The van der Waals surface area contributed by atoms with Crippen molar-refractivity contribution in [3.63, 3.8) is 0 Å². The lowest BCUT2D eigenvalue weighted by molar-refractivity contribution is 0.0766. The van der Waals surface area contributed by atoms with Crippen LogP contribution < -0.4 is 5.32 Å². The minimum Gasteiger partial charge on any atom is -0.505 e. The lowest BCUT2D eigenvalue weighted by Gasteiger charge is -2.25. The summed E-state index contributed by atoms with van der Waals surface area (Å²) in [6, 6.07) is 2.84. The summed E-state index contributed by atoms with van der Waals surface area (Å²) in [6.45, 7) is 3.86. The average Bonchev–Trinajstić information content (AvgIpc) is 2.25. The molecular weight excluding hydrogens is 197 g/mol. The number of halogens is 1. The topological polar surface area (TPSA) is 41.5 Å². The normalized spacial score (nSPS) is 21.6. The molecule has 1 atom stereocenters. The van der Waals surface area contributed by atoms with E-state index in [-0.39, 0.29) is 11.8 Å². The highest BCUT2D eigenvalue weighted by Crippen LogP contribution is 2.26. The van der Waals surface area contributed by atoms with Crippen molar-refractivity contribution in [3.8, 4) is 5.75 Å². The van der Waals surface area contributed by atoms with Crippen molar-refractivity contribution < 1.29 is 14.2 Å². The van der Waals surface area contributed by atoms with E-state index >= 15 is 0 Å². The van der Waals surface area contributed by atoms with Crippen LogP contribution in [-0.2, 0) is 4.74 Å². The van der Waals surface area contributed by atoms with Crippen LogP contribution in [0.4, 0.5) is 4.39 Å². The molecule has 0 amide bonds. The fourth-order valence-electron chi connectivity index (χ4n) is 1.82. The molecule has 0 aliphatic carbocycles. The van der Waals surface area contributed by atoms with Crippen molar-refractivity contribution >= 4 is 0 Å². The van der Waals surface area contributed by atoms with Crippen LogP contribution in [0, 0.1) is 12.7 Å². The number of ether oxygens (including phenoxy) is 1. The van der Waals surface area contributed by atoms with E-state index in [9.17, 15) is 9.50 Å². The summed E-state index contributed by atoms with van der Waals surface area (Å²) in [6.07, 6.45) is 0. The summed E-state index contributed by atoms with van der Waals surface area (Å²) in [4.78, 5) is 0. The molecule has 1 saturated heterocycles. The van der Waals surface area contributed by atoms with Gasteiger partial charge >= 0.3 is 0 Å². The van der Waals surface area contributed by atoms with Gasteiger partial charge in [0.15, 0.2) is 11.6 Å². The van der Waals surface area contributed by atoms with E-state index in [0.717, 1.165) is 17.7 Å². The van der Waals surface area contributed by atoms with Crippen molar-refractivity contribution in [1.82, 2.24) is 5.32 Å². The van der Waals surface area contributed by atoms with Gasteiger partial charge in [0.05, 0.1) is 19.3 Å². The molecule has 15 heavy (non-hydrogen) atoms. The maximum absolute atomic E-state index is 13.2. The van der Waals surface area contributed by atoms with Gasteiger partial charge in [0.2, 0.25) is 0 Å². The number of aryl methyl sites for hydroxylation is 1. The summed E-state index contributed by atoms with van der Waals surface area (Å²) in [7, 11) is 0. The first kappa shape index (κ1) is 10.4. The van der Waals surface area contributed by atoms with Crippen LogP contribution in [0.5, 0.6) is 5.75 Å². The summed E-state index contributed by atoms with van der Waals surface area (Å²) in [5.41, 5.74) is 1.72. The zero-order chi connectivity index (χ0) is 10.8. The van der Waals surface area contributed by atoms with Gasteiger partial charge in [0.1, 0.15) is 0 Å². The highest BCUT2D eigenvalue weighted by molar-refractivity contribution is 5.37. The third kappa shape index (κ3) is 2.11. The average molecular weight is 211 g/mol. The Kier molecular flexibility index (Phi) is 2.88. The minimum absolute atomic E-state index is 0.0221. The van der Waals surface area contributed by atoms with E-state index in [1.807, 2.05) is 6.92 Å². The number of hydrogen-bond donors (Lipinski definition) is 2. The van der Waals surface area contributed by atoms with Crippen molar-refractivity contribution in [2.45, 2.75) is 13.0 Å². The molecule has 3 nitrogen and oxygen atoms in total. The summed E-state index contributed by atoms with van der Waals surface area (Å²) in [5.74, 6) is -0.879. The molecule has 0 spiro atoms. The Morgan fingerprint density at radius 2 is 2.33 bits per heavy atom. The number of morpholine rings is 1. The van der Waals surface area contributed by atoms with Crippen LogP contribution in [0.1, 0.15) is 17.2 Å². The number of phenolic OH excluding ortho intramolecular Hbond substituents is 1. The fraction of sp³-hybridized carbons (Fsp3) is 0.455. The molecule has 1 aliphatic heterocycles. The Bertz CT molecular complexity index is 362. The van der Waals surface area contributed by atoms with Gasteiger partial charge in [-0.1, -0.05) is 0 Å². The van der Waals surface area contributed by atoms with Crippen molar-refractivity contribution in [3.05, 3.63) is 29.1 Å². The van der Waals surface area contributed by atoms with Crippen LogP contribution in [0.15, 0.2) is 12.1 Å². The summed E-state index contributed by atoms with van der Waals surface area (Å²) in [5, 5.41) is 12.4. The molecule has 1 unspecified atom stereocenters. The van der Waals surface area contributed by atoms with E-state index in [4.69, 9.17) is 4.74 Å². The van der Waals surface area contributed by atoms with Gasteiger partial charge in [0.25, 0.3) is 0 Å². The molecule has 0 saturated carbocycles. The van der Waals surface area contributed by atoms with Gasteiger partial charge in [-0.15, -0.1) is 0 Å². The second-order valence-electron chi connectivity index (χ2n) is 3.74. The number of aromatic hydroxyl groups is 1. The molecular formula is C11H14FNO2. The van der Waals surface area contributed by atoms with Gasteiger partial charge in [-0.25, -0.2) is 4.39 Å². The van der Waals surface area contributed by atoms with Crippen LogP contribution in [-0.4, -0.2) is 24.9 Å². The van der Waals surface area contributed by atoms with Gasteiger partial charge in [0, 0.05) is 6.54 Å². The number of benzene rings is 1. The van der Waals surface area contributed by atoms with E-state index in [2.05, 4.69) is 5.32 Å². The number of rotatable bonds is 1. The Morgan fingerprint density at radius 3 is 3.00 bits per heavy atom. The second kappa shape index (κ2) is 4.16. The lowest BCUT2D eigenvalue weighted by Crippen LogP contribution is -2.35. The Labute approximate surface area is 87.9 Å². The third-order valence-corrected chi connectivity index (χ3v) is 2.63.